The first-order valence-corrected chi connectivity index (χ1v) is 10.5. The van der Waals surface area contributed by atoms with E-state index in [0.717, 1.165) is 36.4 Å². The standard InChI is InChI=1S/C21H19Br2N3O2/c1-12-7-13(2)25(21(28)24-12)10-16(27)11-26-19-5-3-14(22)8-17(19)18-9-15(23)4-6-20(18)26/h3-9,16,27H,10-11H2,1-2H3/t16-/m0/s1. The van der Waals surface area contributed by atoms with Crippen LogP contribution in [0.2, 0.25) is 0 Å². The lowest BCUT2D eigenvalue weighted by molar-refractivity contribution is 0.134. The van der Waals surface area contributed by atoms with Gasteiger partial charge in [0, 0.05) is 42.1 Å². The molecule has 1 N–H and O–H groups in total. The van der Waals surface area contributed by atoms with Gasteiger partial charge in [-0.15, -0.1) is 0 Å². The van der Waals surface area contributed by atoms with Crippen LogP contribution in [0.5, 0.6) is 0 Å². The number of hydrogen-bond acceptors (Lipinski definition) is 3. The average Bonchev–Trinajstić information content (AvgIpc) is 2.90. The van der Waals surface area contributed by atoms with Crippen LogP contribution in [0.25, 0.3) is 21.8 Å². The summed E-state index contributed by atoms with van der Waals surface area (Å²) in [6.45, 7) is 4.23. The van der Waals surface area contributed by atoms with Gasteiger partial charge in [0.1, 0.15) is 0 Å². The van der Waals surface area contributed by atoms with Crippen molar-refractivity contribution in [3.63, 3.8) is 0 Å². The van der Waals surface area contributed by atoms with Crippen molar-refractivity contribution in [1.29, 1.82) is 0 Å². The second-order valence-corrected chi connectivity index (χ2v) is 8.85. The Labute approximate surface area is 178 Å². The zero-order valence-corrected chi connectivity index (χ0v) is 18.7. The average molecular weight is 505 g/mol. The lowest BCUT2D eigenvalue weighted by Gasteiger charge is -2.17. The van der Waals surface area contributed by atoms with Crippen LogP contribution in [0.1, 0.15) is 11.4 Å². The lowest BCUT2D eigenvalue weighted by atomic mass is 10.2. The number of halogens is 2. The maximum Gasteiger partial charge on any atom is 0.348 e. The number of aliphatic hydroxyl groups is 1. The largest absolute Gasteiger partial charge is 0.389 e. The zero-order chi connectivity index (χ0) is 20.0. The summed E-state index contributed by atoms with van der Waals surface area (Å²) in [5.41, 5.74) is 3.24. The van der Waals surface area contributed by atoms with Crippen molar-refractivity contribution in [2.45, 2.75) is 33.0 Å². The first kappa shape index (κ1) is 19.4. The van der Waals surface area contributed by atoms with Crippen molar-refractivity contribution in [3.05, 3.63) is 73.3 Å². The number of benzene rings is 2. The minimum atomic E-state index is -0.730. The molecule has 0 spiro atoms. The van der Waals surface area contributed by atoms with Gasteiger partial charge in [-0.25, -0.2) is 4.79 Å². The highest BCUT2D eigenvalue weighted by Crippen LogP contribution is 2.33. The maximum absolute atomic E-state index is 12.2. The van der Waals surface area contributed by atoms with E-state index in [1.165, 1.54) is 4.57 Å². The molecule has 5 nitrogen and oxygen atoms in total. The molecular weight excluding hydrogens is 486 g/mol. The van der Waals surface area contributed by atoms with E-state index in [-0.39, 0.29) is 12.2 Å². The molecular formula is C21H19Br2N3O2. The fraction of sp³-hybridized carbons (Fsp3) is 0.238. The predicted molar refractivity (Wildman–Crippen MR) is 119 cm³/mol. The van der Waals surface area contributed by atoms with Crippen molar-refractivity contribution in [2.24, 2.45) is 0 Å². The van der Waals surface area contributed by atoms with Crippen LogP contribution in [0.4, 0.5) is 0 Å². The van der Waals surface area contributed by atoms with E-state index in [1.807, 2.05) is 37.3 Å². The van der Waals surface area contributed by atoms with E-state index in [2.05, 4.69) is 53.5 Å². The van der Waals surface area contributed by atoms with E-state index < -0.39 is 6.10 Å². The number of fused-ring (bicyclic) bond motifs is 3. The Morgan fingerprint density at radius 2 is 1.46 bits per heavy atom. The molecule has 0 fully saturated rings. The molecule has 0 saturated carbocycles. The number of aliphatic hydroxyl groups excluding tert-OH is 1. The fourth-order valence-corrected chi connectivity index (χ4v) is 4.44. The second-order valence-electron chi connectivity index (χ2n) is 7.02. The number of hydrogen-bond donors (Lipinski definition) is 1. The van der Waals surface area contributed by atoms with Gasteiger partial charge in [-0.2, -0.15) is 4.98 Å². The van der Waals surface area contributed by atoms with Crippen LogP contribution >= 0.6 is 31.9 Å². The Hall–Kier alpha value is -1.96. The third-order valence-corrected chi connectivity index (χ3v) is 5.91. The van der Waals surface area contributed by atoms with E-state index in [1.54, 1.807) is 6.92 Å². The Morgan fingerprint density at radius 3 is 2.00 bits per heavy atom. The quantitative estimate of drug-likeness (QED) is 0.443. The summed E-state index contributed by atoms with van der Waals surface area (Å²) < 4.78 is 5.65. The zero-order valence-electron chi connectivity index (χ0n) is 15.5. The molecule has 144 valence electrons. The van der Waals surface area contributed by atoms with E-state index in [9.17, 15) is 9.90 Å². The van der Waals surface area contributed by atoms with Gasteiger partial charge in [0.25, 0.3) is 0 Å². The first-order valence-electron chi connectivity index (χ1n) is 8.93. The third-order valence-electron chi connectivity index (χ3n) is 4.92. The minimum Gasteiger partial charge on any atom is -0.389 e. The van der Waals surface area contributed by atoms with Gasteiger partial charge in [0.05, 0.1) is 19.2 Å². The number of nitrogens with zero attached hydrogens (tertiary/aromatic N) is 3. The molecule has 0 saturated heterocycles. The van der Waals surface area contributed by atoms with Crippen molar-refractivity contribution >= 4 is 53.7 Å². The SMILES string of the molecule is Cc1cc(C)n(C[C@H](O)Cn2c3ccc(Br)cc3c3cc(Br)ccc32)c(=O)n1. The molecule has 4 rings (SSSR count). The lowest BCUT2D eigenvalue weighted by Crippen LogP contribution is -2.32. The van der Waals surface area contributed by atoms with Crippen LogP contribution in [0.3, 0.4) is 0 Å². The molecule has 2 aromatic carbocycles. The van der Waals surface area contributed by atoms with Crippen LogP contribution < -0.4 is 5.69 Å². The Bertz CT molecular complexity index is 1200. The molecule has 7 heteroatoms. The van der Waals surface area contributed by atoms with Gasteiger partial charge in [-0.05, 0) is 56.3 Å². The molecule has 2 aromatic heterocycles. The highest BCUT2D eigenvalue weighted by Gasteiger charge is 2.16. The molecule has 1 atom stereocenters. The summed E-state index contributed by atoms with van der Waals surface area (Å²) in [6.07, 6.45) is -0.730. The molecule has 0 bridgehead atoms. The molecule has 0 amide bonds. The molecule has 0 unspecified atom stereocenters. The highest BCUT2D eigenvalue weighted by molar-refractivity contribution is 9.10. The maximum atomic E-state index is 12.2. The van der Waals surface area contributed by atoms with Gasteiger partial charge >= 0.3 is 5.69 Å². The minimum absolute atomic E-state index is 0.201. The number of rotatable bonds is 4. The summed E-state index contributed by atoms with van der Waals surface area (Å²) in [6, 6.07) is 14.1. The molecule has 28 heavy (non-hydrogen) atoms. The molecule has 0 aliphatic heterocycles. The molecule has 4 aromatic rings. The van der Waals surface area contributed by atoms with Gasteiger partial charge < -0.3 is 9.67 Å². The van der Waals surface area contributed by atoms with Gasteiger partial charge in [0.15, 0.2) is 0 Å². The van der Waals surface area contributed by atoms with Crippen molar-refractivity contribution in [3.8, 4) is 0 Å². The predicted octanol–water partition coefficient (Wildman–Crippen LogP) is 4.55. The fourth-order valence-electron chi connectivity index (χ4n) is 3.72. The third kappa shape index (κ3) is 3.54. The molecule has 0 radical (unpaired) electrons. The van der Waals surface area contributed by atoms with E-state index >= 15 is 0 Å². The summed E-state index contributed by atoms with van der Waals surface area (Å²) in [5.74, 6) is 0. The first-order chi connectivity index (χ1) is 13.3. The molecule has 0 aliphatic rings. The van der Waals surface area contributed by atoms with Gasteiger partial charge in [0.2, 0.25) is 0 Å². The van der Waals surface area contributed by atoms with Crippen molar-refractivity contribution < 1.29 is 5.11 Å². The Balaban J connectivity index is 1.76. The Kier molecular flexibility index (Phi) is 5.16. The monoisotopic (exact) mass is 503 g/mol. The molecule has 2 heterocycles. The summed E-state index contributed by atoms with van der Waals surface area (Å²) in [4.78, 5) is 16.2. The topological polar surface area (TPSA) is 60.0 Å². The Morgan fingerprint density at radius 1 is 0.929 bits per heavy atom. The summed E-state index contributed by atoms with van der Waals surface area (Å²) in [5, 5.41) is 13.0. The van der Waals surface area contributed by atoms with Gasteiger partial charge in [-0.1, -0.05) is 31.9 Å². The smallest absolute Gasteiger partial charge is 0.348 e. The van der Waals surface area contributed by atoms with Crippen LogP contribution in [-0.4, -0.2) is 25.3 Å². The van der Waals surface area contributed by atoms with Crippen LogP contribution in [0, 0.1) is 13.8 Å². The van der Waals surface area contributed by atoms with Crippen molar-refractivity contribution in [1.82, 2.24) is 14.1 Å². The summed E-state index contributed by atoms with van der Waals surface area (Å²) >= 11 is 7.09. The highest BCUT2D eigenvalue weighted by atomic mass is 79.9. The number of aryl methyl sites for hydroxylation is 2. The second kappa shape index (κ2) is 7.46. The van der Waals surface area contributed by atoms with E-state index in [4.69, 9.17) is 0 Å². The van der Waals surface area contributed by atoms with Gasteiger partial charge in [-0.3, -0.25) is 4.57 Å². The van der Waals surface area contributed by atoms with Crippen molar-refractivity contribution in [2.75, 3.05) is 0 Å². The normalized spacial score (nSPS) is 12.8. The summed E-state index contributed by atoms with van der Waals surface area (Å²) in [7, 11) is 0. The van der Waals surface area contributed by atoms with Crippen LogP contribution in [0.15, 0.2) is 56.2 Å². The van der Waals surface area contributed by atoms with Crippen LogP contribution in [-0.2, 0) is 13.1 Å². The number of aromatic nitrogens is 3. The van der Waals surface area contributed by atoms with E-state index in [0.29, 0.717) is 12.2 Å². The molecule has 0 aliphatic carbocycles.